The molecule has 8 aromatic carbocycles. The molecule has 0 fully saturated rings. The van der Waals surface area contributed by atoms with Crippen molar-refractivity contribution in [2.75, 3.05) is 0 Å². The molecule has 0 aromatic heterocycles. The second kappa shape index (κ2) is 11.5. The summed E-state index contributed by atoms with van der Waals surface area (Å²) in [7, 11) is -1.72. The molecule has 0 heterocycles. The summed E-state index contributed by atoms with van der Waals surface area (Å²) in [6.07, 6.45) is 0. The molecule has 0 spiro atoms. The van der Waals surface area contributed by atoms with Crippen LogP contribution >= 0.6 is 15.8 Å². The third-order valence-electron chi connectivity index (χ3n) is 9.12. The molecule has 0 aliphatic rings. The van der Waals surface area contributed by atoms with Gasteiger partial charge in [0.05, 0.1) is 0 Å². The fraction of sp³-hybridized carbons (Fsp3) is 0.0698. The van der Waals surface area contributed by atoms with Crippen LogP contribution in [0.25, 0.3) is 43.1 Å². The highest BCUT2D eigenvalue weighted by molar-refractivity contribution is 7.91. The lowest BCUT2D eigenvalue weighted by Gasteiger charge is -2.44. The van der Waals surface area contributed by atoms with Gasteiger partial charge in [0.15, 0.2) is 0 Å². The van der Waals surface area contributed by atoms with Crippen LogP contribution in [0, 0.1) is 0 Å². The first-order valence-corrected chi connectivity index (χ1v) is 18.3. The van der Waals surface area contributed by atoms with E-state index in [1.807, 2.05) is 0 Å². The molecule has 0 nitrogen and oxygen atoms in total. The molecule has 0 aliphatic heterocycles. The molecular weight excluding hydrogens is 578 g/mol. The Hall–Kier alpha value is -4.34. The first-order chi connectivity index (χ1) is 22.1. The first kappa shape index (κ1) is 28.2. The Morgan fingerprint density at radius 1 is 0.289 bits per heavy atom. The van der Waals surface area contributed by atoms with E-state index in [2.05, 4.69) is 184 Å². The van der Waals surface area contributed by atoms with Crippen molar-refractivity contribution in [3.05, 3.63) is 170 Å². The first-order valence-electron chi connectivity index (χ1n) is 15.6. The molecule has 0 bridgehead atoms. The average Bonchev–Trinajstić information content (AvgIpc) is 3.09. The highest BCUT2D eigenvalue weighted by atomic mass is 31.2. The minimum Gasteiger partial charge on any atom is -0.0616 e. The van der Waals surface area contributed by atoms with Crippen molar-refractivity contribution in [2.24, 2.45) is 0 Å². The Morgan fingerprint density at radius 3 is 0.778 bits per heavy atom. The highest BCUT2D eigenvalue weighted by Gasteiger charge is 2.43. The van der Waals surface area contributed by atoms with E-state index in [1.54, 1.807) is 0 Å². The van der Waals surface area contributed by atoms with Crippen LogP contribution in [0.2, 0.25) is 0 Å². The Balaban J connectivity index is 1.50. The molecule has 0 unspecified atom stereocenters. The number of benzene rings is 8. The molecule has 0 radical (unpaired) electrons. The van der Waals surface area contributed by atoms with Gasteiger partial charge in [-0.25, -0.2) is 0 Å². The molecule has 8 aromatic rings. The maximum absolute atomic E-state index is 2.57. The summed E-state index contributed by atoms with van der Waals surface area (Å²) in [5.41, 5.74) is 0. The van der Waals surface area contributed by atoms with Crippen molar-refractivity contribution >= 4 is 80.2 Å². The molecule has 0 atom stereocenters. The van der Waals surface area contributed by atoms with Crippen molar-refractivity contribution in [2.45, 2.75) is 18.7 Å². The second-order valence-corrected chi connectivity index (χ2v) is 18.0. The van der Waals surface area contributed by atoms with E-state index in [0.717, 1.165) is 0 Å². The van der Waals surface area contributed by atoms with Crippen molar-refractivity contribution in [1.29, 1.82) is 0 Å². The van der Waals surface area contributed by atoms with E-state index in [4.69, 9.17) is 0 Å². The Kier molecular flexibility index (Phi) is 7.22. The summed E-state index contributed by atoms with van der Waals surface area (Å²) >= 11 is 0. The number of fused-ring (bicyclic) bond motifs is 4. The molecule has 0 saturated heterocycles. The summed E-state index contributed by atoms with van der Waals surface area (Å²) in [5, 5.41) is 16.5. The zero-order valence-corrected chi connectivity index (χ0v) is 27.3. The number of hydrogen-bond donors (Lipinski definition) is 0. The third kappa shape index (κ3) is 4.85. The van der Waals surface area contributed by atoms with Gasteiger partial charge in [0.25, 0.3) is 0 Å². The maximum Gasteiger partial charge on any atom is 0.0211 e. The minimum atomic E-state index is -0.862. The van der Waals surface area contributed by atoms with Crippen molar-refractivity contribution < 1.29 is 0 Å². The molecule has 0 amide bonds. The Morgan fingerprint density at radius 2 is 0.511 bits per heavy atom. The maximum atomic E-state index is 2.57. The van der Waals surface area contributed by atoms with Gasteiger partial charge in [0.2, 0.25) is 0 Å². The van der Waals surface area contributed by atoms with E-state index in [9.17, 15) is 0 Å². The lowest BCUT2D eigenvalue weighted by molar-refractivity contribution is 1.01. The Labute approximate surface area is 267 Å². The summed E-state index contributed by atoms with van der Waals surface area (Å²) < 4.78 is 0. The zero-order chi connectivity index (χ0) is 30.4. The van der Waals surface area contributed by atoms with Gasteiger partial charge < -0.3 is 0 Å². The largest absolute Gasteiger partial charge is 0.0616 e. The van der Waals surface area contributed by atoms with Crippen LogP contribution < -0.4 is 21.2 Å². The van der Waals surface area contributed by atoms with Crippen LogP contribution in [0.5, 0.6) is 0 Å². The Bertz CT molecular complexity index is 1990. The SMILES string of the molecule is CC(C)(P(c1cccc2ccccc12)c1cccc2ccccc12)P(c1cccc2ccccc12)c1cccc2ccccc12. The topological polar surface area (TPSA) is 0 Å². The minimum absolute atomic E-state index is 0.132. The molecule has 8 rings (SSSR count). The van der Waals surface area contributed by atoms with Crippen molar-refractivity contribution in [1.82, 2.24) is 0 Å². The van der Waals surface area contributed by atoms with Gasteiger partial charge >= 0.3 is 0 Å². The normalized spacial score (nSPS) is 12.2. The van der Waals surface area contributed by atoms with E-state index < -0.39 is 15.8 Å². The highest BCUT2D eigenvalue weighted by Crippen LogP contribution is 2.66. The fourth-order valence-corrected chi connectivity index (χ4v) is 14.8. The molecule has 0 N–H and O–H groups in total. The van der Waals surface area contributed by atoms with Gasteiger partial charge in [0.1, 0.15) is 0 Å². The van der Waals surface area contributed by atoms with Gasteiger partial charge in [-0.3, -0.25) is 0 Å². The smallest absolute Gasteiger partial charge is 0.0211 e. The molecular formula is C43H34P2. The summed E-state index contributed by atoms with van der Waals surface area (Å²) in [4.78, 5) is -0.132. The second-order valence-electron chi connectivity index (χ2n) is 12.2. The molecule has 216 valence electrons. The predicted molar refractivity (Wildman–Crippen MR) is 202 cm³/mol. The van der Waals surface area contributed by atoms with E-state index in [0.29, 0.717) is 0 Å². The summed E-state index contributed by atoms with van der Waals surface area (Å²) in [5.74, 6) is 0. The lowest BCUT2D eigenvalue weighted by Crippen LogP contribution is -2.35. The van der Waals surface area contributed by atoms with Crippen LogP contribution in [-0.4, -0.2) is 4.90 Å². The molecule has 2 heteroatoms. The van der Waals surface area contributed by atoms with Gasteiger partial charge in [-0.1, -0.05) is 184 Å². The standard InChI is InChI=1S/C43H34P2/c1-43(2,44(39-27-11-19-31-15-3-7-23-35(31)39)40-28-12-20-32-16-4-8-24-36(32)40)45(41-29-13-21-33-17-5-9-25-37(33)41)42-30-14-22-34-18-6-10-26-38(34)42/h3-30H,1-2H3. The van der Waals surface area contributed by atoms with Crippen LogP contribution in [0.15, 0.2) is 170 Å². The van der Waals surface area contributed by atoms with Gasteiger partial charge in [-0.2, -0.15) is 0 Å². The molecule has 45 heavy (non-hydrogen) atoms. The lowest BCUT2D eigenvalue weighted by atomic mass is 10.1. The van der Waals surface area contributed by atoms with Crippen LogP contribution in [0.3, 0.4) is 0 Å². The van der Waals surface area contributed by atoms with Crippen molar-refractivity contribution in [3.63, 3.8) is 0 Å². The van der Waals surface area contributed by atoms with Crippen molar-refractivity contribution in [3.8, 4) is 0 Å². The van der Waals surface area contributed by atoms with E-state index in [-0.39, 0.29) is 4.90 Å². The zero-order valence-electron chi connectivity index (χ0n) is 25.6. The number of hydrogen-bond acceptors (Lipinski definition) is 0. The van der Waals surface area contributed by atoms with E-state index >= 15 is 0 Å². The molecule has 0 aliphatic carbocycles. The monoisotopic (exact) mass is 612 g/mol. The fourth-order valence-electron chi connectivity index (χ4n) is 7.15. The van der Waals surface area contributed by atoms with Crippen LogP contribution in [0.4, 0.5) is 0 Å². The van der Waals surface area contributed by atoms with Crippen LogP contribution in [-0.2, 0) is 0 Å². The average molecular weight is 613 g/mol. The van der Waals surface area contributed by atoms with Gasteiger partial charge in [0, 0.05) is 4.90 Å². The predicted octanol–water partition coefficient (Wildman–Crippen LogP) is 10.6. The third-order valence-corrected chi connectivity index (χ3v) is 16.0. The summed E-state index contributed by atoms with van der Waals surface area (Å²) in [6, 6.07) is 63.6. The van der Waals surface area contributed by atoms with Gasteiger partial charge in [-0.05, 0) is 80.2 Å². The van der Waals surface area contributed by atoms with E-state index in [1.165, 1.54) is 64.3 Å². The quantitative estimate of drug-likeness (QED) is 0.164. The van der Waals surface area contributed by atoms with Gasteiger partial charge in [-0.15, -0.1) is 0 Å². The summed E-state index contributed by atoms with van der Waals surface area (Å²) in [6.45, 7) is 5.13. The van der Waals surface area contributed by atoms with Crippen LogP contribution in [0.1, 0.15) is 13.8 Å². The molecule has 0 saturated carbocycles. The number of rotatable bonds is 6.